The van der Waals surface area contributed by atoms with Crippen LogP contribution in [-0.2, 0) is 11.3 Å². The molecule has 0 bridgehead atoms. The molecule has 1 fully saturated rings. The van der Waals surface area contributed by atoms with Crippen LogP contribution in [0.1, 0.15) is 25.8 Å². The fraction of sp³-hybridized carbons (Fsp3) is 0.538. The molecular formula is C13H18N2O2. The molecule has 92 valence electrons. The van der Waals surface area contributed by atoms with Gasteiger partial charge in [-0.05, 0) is 25.3 Å². The normalized spacial score (nSPS) is 22.0. The van der Waals surface area contributed by atoms with Crippen LogP contribution < -0.4 is 10.1 Å². The second-order valence-corrected chi connectivity index (χ2v) is 4.44. The van der Waals surface area contributed by atoms with Crippen LogP contribution in [0.4, 0.5) is 0 Å². The first kappa shape index (κ1) is 11.9. The summed E-state index contributed by atoms with van der Waals surface area (Å²) in [5, 5.41) is 2.93. The van der Waals surface area contributed by atoms with Gasteiger partial charge in [0.25, 0.3) is 0 Å². The Hall–Kier alpha value is -1.58. The van der Waals surface area contributed by atoms with Crippen molar-refractivity contribution in [1.82, 2.24) is 10.3 Å². The summed E-state index contributed by atoms with van der Waals surface area (Å²) in [4.78, 5) is 15.8. The number of carbonyl (C=O) groups excluding carboxylic acids is 1. The number of hydrogen-bond donors (Lipinski definition) is 1. The van der Waals surface area contributed by atoms with E-state index >= 15 is 0 Å². The molecule has 0 unspecified atom stereocenters. The monoisotopic (exact) mass is 234 g/mol. The highest BCUT2D eigenvalue weighted by molar-refractivity contribution is 5.81. The van der Waals surface area contributed by atoms with E-state index in [4.69, 9.17) is 4.74 Å². The fourth-order valence-corrected chi connectivity index (χ4v) is 1.83. The second-order valence-electron chi connectivity index (χ2n) is 4.44. The SMILES string of the molecule is CCOc1ncccc1CNC(=O)[C@@H]1C[C@@H]1C. The van der Waals surface area contributed by atoms with Gasteiger partial charge >= 0.3 is 0 Å². The number of carbonyl (C=O) groups is 1. The van der Waals surface area contributed by atoms with Crippen LogP contribution in [0.25, 0.3) is 0 Å². The van der Waals surface area contributed by atoms with Gasteiger partial charge in [0.2, 0.25) is 11.8 Å². The van der Waals surface area contributed by atoms with Crippen LogP contribution >= 0.6 is 0 Å². The van der Waals surface area contributed by atoms with E-state index in [2.05, 4.69) is 17.2 Å². The van der Waals surface area contributed by atoms with E-state index in [0.717, 1.165) is 12.0 Å². The fourth-order valence-electron chi connectivity index (χ4n) is 1.83. The summed E-state index contributed by atoms with van der Waals surface area (Å²) in [6.07, 6.45) is 2.70. The lowest BCUT2D eigenvalue weighted by molar-refractivity contribution is -0.122. The number of nitrogens with one attached hydrogen (secondary N) is 1. The summed E-state index contributed by atoms with van der Waals surface area (Å²) >= 11 is 0. The lowest BCUT2D eigenvalue weighted by atomic mass is 10.2. The molecule has 2 rings (SSSR count). The maximum absolute atomic E-state index is 11.7. The Balaban J connectivity index is 1.91. The van der Waals surface area contributed by atoms with Crippen molar-refractivity contribution in [2.45, 2.75) is 26.8 Å². The van der Waals surface area contributed by atoms with E-state index in [1.807, 2.05) is 19.1 Å². The van der Waals surface area contributed by atoms with Crippen LogP contribution in [0.3, 0.4) is 0 Å². The van der Waals surface area contributed by atoms with Gasteiger partial charge in [0.1, 0.15) is 0 Å². The van der Waals surface area contributed by atoms with Gasteiger partial charge in [-0.15, -0.1) is 0 Å². The molecule has 1 aromatic heterocycles. The van der Waals surface area contributed by atoms with Crippen molar-refractivity contribution < 1.29 is 9.53 Å². The Morgan fingerprint density at radius 1 is 1.65 bits per heavy atom. The molecule has 2 atom stereocenters. The van der Waals surface area contributed by atoms with Gasteiger partial charge < -0.3 is 10.1 Å². The van der Waals surface area contributed by atoms with Gasteiger partial charge in [0, 0.05) is 24.2 Å². The van der Waals surface area contributed by atoms with Crippen molar-refractivity contribution in [3.05, 3.63) is 23.9 Å². The van der Waals surface area contributed by atoms with Gasteiger partial charge in [0.05, 0.1) is 6.61 Å². The largest absolute Gasteiger partial charge is 0.478 e. The zero-order chi connectivity index (χ0) is 12.3. The predicted molar refractivity (Wildman–Crippen MR) is 64.5 cm³/mol. The number of ether oxygens (including phenoxy) is 1. The topological polar surface area (TPSA) is 51.2 Å². The molecule has 1 N–H and O–H groups in total. The van der Waals surface area contributed by atoms with Crippen molar-refractivity contribution in [2.24, 2.45) is 11.8 Å². The van der Waals surface area contributed by atoms with Gasteiger partial charge in [-0.2, -0.15) is 0 Å². The van der Waals surface area contributed by atoms with Gasteiger partial charge in [-0.1, -0.05) is 13.0 Å². The minimum Gasteiger partial charge on any atom is -0.478 e. The molecule has 1 aromatic rings. The van der Waals surface area contributed by atoms with Crippen molar-refractivity contribution in [1.29, 1.82) is 0 Å². The third-order valence-corrected chi connectivity index (χ3v) is 3.03. The zero-order valence-corrected chi connectivity index (χ0v) is 10.3. The number of rotatable bonds is 5. The van der Waals surface area contributed by atoms with Crippen molar-refractivity contribution in [3.8, 4) is 5.88 Å². The number of aromatic nitrogens is 1. The van der Waals surface area contributed by atoms with Crippen molar-refractivity contribution in [3.63, 3.8) is 0 Å². The van der Waals surface area contributed by atoms with Crippen LogP contribution in [0.5, 0.6) is 5.88 Å². The first-order chi connectivity index (χ1) is 8.22. The van der Waals surface area contributed by atoms with E-state index in [1.54, 1.807) is 6.20 Å². The molecule has 1 amide bonds. The molecule has 0 spiro atoms. The smallest absolute Gasteiger partial charge is 0.223 e. The Bertz CT molecular complexity index is 406. The Kier molecular flexibility index (Phi) is 3.61. The van der Waals surface area contributed by atoms with E-state index in [1.165, 1.54) is 0 Å². The number of pyridine rings is 1. The molecule has 4 nitrogen and oxygen atoms in total. The molecule has 0 aromatic carbocycles. The van der Waals surface area contributed by atoms with E-state index in [9.17, 15) is 4.79 Å². The van der Waals surface area contributed by atoms with Crippen LogP contribution in [0, 0.1) is 11.8 Å². The summed E-state index contributed by atoms with van der Waals surface area (Å²) in [6, 6.07) is 3.78. The molecule has 1 aliphatic rings. The highest BCUT2D eigenvalue weighted by Crippen LogP contribution is 2.37. The summed E-state index contributed by atoms with van der Waals surface area (Å²) in [5.41, 5.74) is 0.927. The maximum atomic E-state index is 11.7. The van der Waals surface area contributed by atoms with E-state index in [0.29, 0.717) is 24.9 Å². The maximum Gasteiger partial charge on any atom is 0.223 e. The van der Waals surface area contributed by atoms with Crippen LogP contribution in [0.15, 0.2) is 18.3 Å². The molecule has 1 heterocycles. The van der Waals surface area contributed by atoms with E-state index < -0.39 is 0 Å². The molecule has 0 saturated heterocycles. The summed E-state index contributed by atoms with van der Waals surface area (Å²) < 4.78 is 5.40. The highest BCUT2D eigenvalue weighted by atomic mass is 16.5. The van der Waals surface area contributed by atoms with E-state index in [-0.39, 0.29) is 11.8 Å². The molecule has 1 saturated carbocycles. The quantitative estimate of drug-likeness (QED) is 0.844. The molecule has 0 aliphatic heterocycles. The number of amides is 1. The van der Waals surface area contributed by atoms with Gasteiger partial charge in [-0.3, -0.25) is 4.79 Å². The minimum atomic E-state index is 0.142. The molecular weight excluding hydrogens is 216 g/mol. The van der Waals surface area contributed by atoms with Gasteiger partial charge in [-0.25, -0.2) is 4.98 Å². The summed E-state index contributed by atoms with van der Waals surface area (Å²) in [6.45, 7) is 5.09. The standard InChI is InChI=1S/C13H18N2O2/c1-3-17-13-10(5-4-6-14-13)8-15-12(16)11-7-9(11)2/h4-6,9,11H,3,7-8H2,1-2H3,(H,15,16)/t9-,11+/m0/s1. The van der Waals surface area contributed by atoms with Crippen LogP contribution in [-0.4, -0.2) is 17.5 Å². The first-order valence-corrected chi connectivity index (χ1v) is 6.06. The number of nitrogens with zero attached hydrogens (tertiary/aromatic N) is 1. The second kappa shape index (κ2) is 5.17. The van der Waals surface area contributed by atoms with Gasteiger partial charge in [0.15, 0.2) is 0 Å². The lowest BCUT2D eigenvalue weighted by Crippen LogP contribution is -2.25. The third-order valence-electron chi connectivity index (χ3n) is 3.03. The third kappa shape index (κ3) is 2.96. The Morgan fingerprint density at radius 2 is 2.41 bits per heavy atom. The molecule has 17 heavy (non-hydrogen) atoms. The Labute approximate surface area is 101 Å². The Morgan fingerprint density at radius 3 is 3.06 bits per heavy atom. The number of hydrogen-bond acceptors (Lipinski definition) is 3. The average Bonchev–Trinajstić information content (AvgIpc) is 3.05. The van der Waals surface area contributed by atoms with Crippen molar-refractivity contribution >= 4 is 5.91 Å². The predicted octanol–water partition coefficient (Wildman–Crippen LogP) is 1.75. The summed E-state index contributed by atoms with van der Waals surface area (Å²) in [5.74, 6) is 1.50. The van der Waals surface area contributed by atoms with Crippen LogP contribution in [0.2, 0.25) is 0 Å². The van der Waals surface area contributed by atoms with Crippen molar-refractivity contribution in [2.75, 3.05) is 6.61 Å². The minimum absolute atomic E-state index is 0.142. The zero-order valence-electron chi connectivity index (χ0n) is 10.3. The lowest BCUT2D eigenvalue weighted by Gasteiger charge is -2.09. The average molecular weight is 234 g/mol. The first-order valence-electron chi connectivity index (χ1n) is 6.06. The summed E-state index contributed by atoms with van der Waals surface area (Å²) in [7, 11) is 0. The highest BCUT2D eigenvalue weighted by Gasteiger charge is 2.38. The molecule has 0 radical (unpaired) electrons. The molecule has 1 aliphatic carbocycles. The molecule has 4 heteroatoms.